The molecular formula is C8H11ClN4O5S. The van der Waals surface area contributed by atoms with Gasteiger partial charge in [-0.15, -0.1) is 0 Å². The molecule has 1 aromatic rings. The Balaban J connectivity index is 2.92. The fraction of sp³-hybridized carbons (Fsp3) is 0.375. The Morgan fingerprint density at radius 3 is 2.79 bits per heavy atom. The van der Waals surface area contributed by atoms with E-state index < -0.39 is 26.6 Å². The second-order valence-electron chi connectivity index (χ2n) is 3.25. The fourth-order valence-corrected chi connectivity index (χ4v) is 2.07. The Morgan fingerprint density at radius 2 is 2.21 bits per heavy atom. The third-order valence-electron chi connectivity index (χ3n) is 1.87. The summed E-state index contributed by atoms with van der Waals surface area (Å²) in [5, 5.41) is 10.7. The number of hydrogen-bond donors (Lipinski definition) is 2. The average Bonchev–Trinajstić information content (AvgIpc) is 2.28. The van der Waals surface area contributed by atoms with Gasteiger partial charge < -0.3 is 4.74 Å². The third kappa shape index (κ3) is 4.95. The van der Waals surface area contributed by atoms with Crippen LogP contribution in [-0.2, 0) is 14.9 Å². The molecule has 0 fully saturated rings. The van der Waals surface area contributed by atoms with E-state index >= 15 is 0 Å². The highest BCUT2D eigenvalue weighted by atomic mass is 35.5. The summed E-state index contributed by atoms with van der Waals surface area (Å²) in [5.74, 6) is -0.456. The molecule has 0 amide bonds. The van der Waals surface area contributed by atoms with Gasteiger partial charge in [0.25, 0.3) is 0 Å². The molecule has 0 spiro atoms. The van der Waals surface area contributed by atoms with Crippen molar-refractivity contribution in [2.45, 2.75) is 0 Å². The highest BCUT2D eigenvalue weighted by Crippen LogP contribution is 2.24. The van der Waals surface area contributed by atoms with Crippen LogP contribution in [0.25, 0.3) is 0 Å². The van der Waals surface area contributed by atoms with Crippen LogP contribution in [0.3, 0.4) is 0 Å². The van der Waals surface area contributed by atoms with Gasteiger partial charge in [-0.2, -0.15) is 13.1 Å². The molecule has 19 heavy (non-hydrogen) atoms. The number of nitrogens with one attached hydrogen (secondary N) is 2. The molecule has 2 N–H and O–H groups in total. The minimum atomic E-state index is -3.99. The van der Waals surface area contributed by atoms with E-state index in [1.165, 1.54) is 13.2 Å². The van der Waals surface area contributed by atoms with Crippen LogP contribution >= 0.6 is 11.6 Å². The van der Waals surface area contributed by atoms with Crippen molar-refractivity contribution in [3.05, 3.63) is 27.4 Å². The lowest BCUT2D eigenvalue weighted by Crippen LogP contribution is -2.33. The van der Waals surface area contributed by atoms with Gasteiger partial charge in [-0.1, -0.05) is 11.6 Å². The first-order chi connectivity index (χ1) is 8.85. The highest BCUT2D eigenvalue weighted by molar-refractivity contribution is 7.90. The zero-order valence-electron chi connectivity index (χ0n) is 9.79. The van der Waals surface area contributed by atoms with Gasteiger partial charge in [0.1, 0.15) is 5.15 Å². The Morgan fingerprint density at radius 1 is 1.53 bits per heavy atom. The van der Waals surface area contributed by atoms with E-state index in [2.05, 4.69) is 14.4 Å². The predicted octanol–water partition coefficient (Wildman–Crippen LogP) is 0.536. The molecule has 1 aromatic heterocycles. The molecule has 0 atom stereocenters. The van der Waals surface area contributed by atoms with Crippen molar-refractivity contribution in [2.75, 3.05) is 25.0 Å². The standard InChI is InChI=1S/C8H11ClN4O5S/c1-18-5-4-10-19(16,17)12-8-6(13(14)15)2-3-7(9)11-8/h2-3,10H,4-5H2,1H3,(H,11,12). The topological polar surface area (TPSA) is 123 Å². The van der Waals surface area contributed by atoms with Crippen LogP contribution in [0.4, 0.5) is 11.5 Å². The Kier molecular flexibility index (Phi) is 5.42. The molecular weight excluding hydrogens is 300 g/mol. The number of rotatable bonds is 7. The van der Waals surface area contributed by atoms with Crippen LogP contribution in [0.15, 0.2) is 12.1 Å². The van der Waals surface area contributed by atoms with Gasteiger partial charge >= 0.3 is 15.9 Å². The Bertz CT molecular complexity index is 564. The zero-order valence-corrected chi connectivity index (χ0v) is 11.4. The first-order valence-corrected chi connectivity index (χ1v) is 6.79. The summed E-state index contributed by atoms with van der Waals surface area (Å²) in [6, 6.07) is 2.25. The lowest BCUT2D eigenvalue weighted by Gasteiger charge is -2.08. The van der Waals surface area contributed by atoms with Crippen LogP contribution in [0.2, 0.25) is 5.15 Å². The summed E-state index contributed by atoms with van der Waals surface area (Å²) in [6.07, 6.45) is 0. The molecule has 0 aliphatic rings. The monoisotopic (exact) mass is 310 g/mol. The molecule has 106 valence electrons. The first-order valence-electron chi connectivity index (χ1n) is 4.93. The second kappa shape index (κ2) is 6.61. The number of hydrogen-bond acceptors (Lipinski definition) is 6. The third-order valence-corrected chi connectivity index (χ3v) is 3.12. The molecule has 0 bridgehead atoms. The largest absolute Gasteiger partial charge is 0.383 e. The van der Waals surface area contributed by atoms with Crippen molar-refractivity contribution in [1.29, 1.82) is 0 Å². The molecule has 0 aliphatic carbocycles. The predicted molar refractivity (Wildman–Crippen MR) is 68.3 cm³/mol. The summed E-state index contributed by atoms with van der Waals surface area (Å²) in [5.41, 5.74) is -0.499. The van der Waals surface area contributed by atoms with E-state index in [1.54, 1.807) is 0 Å². The number of pyridine rings is 1. The van der Waals surface area contributed by atoms with Gasteiger partial charge in [0, 0.05) is 19.7 Å². The number of anilines is 1. The molecule has 0 saturated heterocycles. The molecule has 0 saturated carbocycles. The minimum Gasteiger partial charge on any atom is -0.383 e. The summed E-state index contributed by atoms with van der Waals surface area (Å²) in [7, 11) is -2.58. The van der Waals surface area contributed by atoms with Crippen LogP contribution in [-0.4, -0.2) is 38.6 Å². The maximum Gasteiger partial charge on any atom is 0.312 e. The van der Waals surface area contributed by atoms with Gasteiger partial charge in [0.05, 0.1) is 11.5 Å². The van der Waals surface area contributed by atoms with Crippen molar-refractivity contribution >= 4 is 33.3 Å². The van der Waals surface area contributed by atoms with Gasteiger partial charge in [-0.25, -0.2) is 9.71 Å². The lowest BCUT2D eigenvalue weighted by molar-refractivity contribution is -0.384. The maximum atomic E-state index is 11.6. The van der Waals surface area contributed by atoms with E-state index in [4.69, 9.17) is 11.6 Å². The molecule has 1 heterocycles. The lowest BCUT2D eigenvalue weighted by atomic mass is 10.4. The quantitative estimate of drug-likeness (QED) is 0.328. The fourth-order valence-electron chi connectivity index (χ4n) is 1.09. The minimum absolute atomic E-state index is 0.0141. The summed E-state index contributed by atoms with van der Waals surface area (Å²) in [6.45, 7) is 0.173. The normalized spacial score (nSPS) is 11.3. The number of aromatic nitrogens is 1. The number of nitro groups is 1. The van der Waals surface area contributed by atoms with Crippen molar-refractivity contribution in [2.24, 2.45) is 0 Å². The number of methoxy groups -OCH3 is 1. The smallest absolute Gasteiger partial charge is 0.312 e. The first kappa shape index (κ1) is 15.6. The summed E-state index contributed by atoms with van der Waals surface area (Å²) in [4.78, 5) is 13.5. The Hall–Kier alpha value is -1.49. The number of ether oxygens (including phenoxy) is 1. The highest BCUT2D eigenvalue weighted by Gasteiger charge is 2.20. The van der Waals surface area contributed by atoms with E-state index in [0.29, 0.717) is 0 Å². The molecule has 0 aliphatic heterocycles. The van der Waals surface area contributed by atoms with E-state index in [-0.39, 0.29) is 18.3 Å². The van der Waals surface area contributed by atoms with Gasteiger partial charge in [0.2, 0.25) is 5.82 Å². The van der Waals surface area contributed by atoms with Crippen LogP contribution in [0.1, 0.15) is 0 Å². The van der Waals surface area contributed by atoms with E-state index in [1.807, 2.05) is 4.72 Å². The van der Waals surface area contributed by atoms with Gasteiger partial charge in [-0.3, -0.25) is 10.1 Å². The SMILES string of the molecule is COCCNS(=O)(=O)Nc1nc(Cl)ccc1[N+](=O)[O-]. The molecule has 9 nitrogen and oxygen atoms in total. The molecule has 0 unspecified atom stereocenters. The van der Waals surface area contributed by atoms with E-state index in [9.17, 15) is 18.5 Å². The van der Waals surface area contributed by atoms with E-state index in [0.717, 1.165) is 6.07 Å². The molecule has 0 radical (unpaired) electrons. The van der Waals surface area contributed by atoms with Crippen LogP contribution < -0.4 is 9.44 Å². The Labute approximate surface area is 114 Å². The number of halogens is 1. The summed E-state index contributed by atoms with van der Waals surface area (Å²) >= 11 is 5.57. The maximum absolute atomic E-state index is 11.6. The van der Waals surface area contributed by atoms with Crippen LogP contribution in [0.5, 0.6) is 0 Å². The van der Waals surface area contributed by atoms with Crippen molar-refractivity contribution in [3.8, 4) is 0 Å². The molecule has 1 rings (SSSR count). The van der Waals surface area contributed by atoms with Gasteiger partial charge in [0.15, 0.2) is 0 Å². The van der Waals surface area contributed by atoms with Gasteiger partial charge in [-0.05, 0) is 6.07 Å². The van der Waals surface area contributed by atoms with Crippen molar-refractivity contribution in [3.63, 3.8) is 0 Å². The second-order valence-corrected chi connectivity index (χ2v) is 5.14. The molecule has 11 heteroatoms. The summed E-state index contributed by atoms with van der Waals surface area (Å²) < 4.78 is 31.9. The number of nitrogens with zero attached hydrogens (tertiary/aromatic N) is 2. The zero-order chi connectivity index (χ0) is 14.5. The van der Waals surface area contributed by atoms with Crippen LogP contribution in [0, 0.1) is 10.1 Å². The average molecular weight is 311 g/mol. The molecule has 0 aromatic carbocycles. The van der Waals surface area contributed by atoms with Crippen molar-refractivity contribution < 1.29 is 18.1 Å². The van der Waals surface area contributed by atoms with Crippen molar-refractivity contribution in [1.82, 2.24) is 9.71 Å².